The summed E-state index contributed by atoms with van der Waals surface area (Å²) in [7, 11) is 0. The zero-order valence-corrected chi connectivity index (χ0v) is 6.60. The monoisotopic (exact) mass is 143 g/mol. The molecule has 0 heterocycles. The zero-order chi connectivity index (χ0) is 8.15. The summed E-state index contributed by atoms with van der Waals surface area (Å²) in [4.78, 5) is 14.7. The molecule has 0 aliphatic rings. The molecule has 0 atom stereocenters. The molecule has 0 radical (unpaired) electrons. The summed E-state index contributed by atoms with van der Waals surface area (Å²) < 4.78 is 0. The highest BCUT2D eigenvalue weighted by atomic mass is 16.7. The van der Waals surface area contributed by atoms with Gasteiger partial charge in [0.2, 0.25) is 0 Å². The first-order valence-corrected chi connectivity index (χ1v) is 3.20. The minimum atomic E-state index is -0.445. The van der Waals surface area contributed by atoms with Crippen molar-refractivity contribution in [3.8, 4) is 0 Å². The molecule has 0 rings (SSSR count). The van der Waals surface area contributed by atoms with Crippen molar-refractivity contribution in [3.63, 3.8) is 0 Å². The number of carbonyl (C=O) groups is 1. The second kappa shape index (κ2) is 4.06. The van der Waals surface area contributed by atoms with Gasteiger partial charge in [0, 0.05) is 5.57 Å². The molecule has 0 aliphatic heterocycles. The van der Waals surface area contributed by atoms with Crippen molar-refractivity contribution in [2.45, 2.75) is 27.2 Å². The Kier molecular flexibility index (Phi) is 3.72. The van der Waals surface area contributed by atoms with Crippen LogP contribution in [0.15, 0.2) is 11.1 Å². The standard InChI is InChI=1S/C7H13NO2/c1-4-5(2)6(3)7(9)10-8/h4,8H2,1-3H3. The van der Waals surface area contributed by atoms with E-state index in [0.29, 0.717) is 5.57 Å². The first-order valence-electron chi connectivity index (χ1n) is 3.20. The largest absolute Gasteiger partial charge is 0.370 e. The molecule has 10 heavy (non-hydrogen) atoms. The Bertz CT molecular complexity index is 161. The molecule has 0 aromatic rings. The lowest BCUT2D eigenvalue weighted by Crippen LogP contribution is -2.11. The summed E-state index contributed by atoms with van der Waals surface area (Å²) in [5.41, 5.74) is 1.61. The molecule has 0 spiro atoms. The van der Waals surface area contributed by atoms with Gasteiger partial charge in [0.15, 0.2) is 0 Å². The van der Waals surface area contributed by atoms with Crippen molar-refractivity contribution < 1.29 is 9.63 Å². The van der Waals surface area contributed by atoms with Crippen molar-refractivity contribution in [2.75, 3.05) is 0 Å². The van der Waals surface area contributed by atoms with E-state index >= 15 is 0 Å². The predicted molar refractivity (Wildman–Crippen MR) is 38.9 cm³/mol. The molecule has 0 aromatic carbocycles. The van der Waals surface area contributed by atoms with E-state index in [0.717, 1.165) is 12.0 Å². The molecule has 2 N–H and O–H groups in total. The molecule has 0 aliphatic carbocycles. The Hall–Kier alpha value is -0.830. The average Bonchev–Trinajstić information content (AvgIpc) is 2.00. The Morgan fingerprint density at radius 1 is 1.50 bits per heavy atom. The van der Waals surface area contributed by atoms with Gasteiger partial charge in [-0.15, -0.1) is 0 Å². The summed E-state index contributed by atoms with van der Waals surface area (Å²) >= 11 is 0. The highest BCUT2D eigenvalue weighted by molar-refractivity contribution is 5.88. The maximum atomic E-state index is 10.7. The van der Waals surface area contributed by atoms with Gasteiger partial charge >= 0.3 is 5.97 Å². The lowest BCUT2D eigenvalue weighted by Gasteiger charge is -2.00. The number of carbonyl (C=O) groups excluding carboxylic acids is 1. The fourth-order valence-corrected chi connectivity index (χ4v) is 0.528. The molecule has 0 saturated carbocycles. The van der Waals surface area contributed by atoms with Crippen molar-refractivity contribution in [2.24, 2.45) is 5.90 Å². The molecule has 0 unspecified atom stereocenters. The minimum absolute atomic E-state index is 0.445. The summed E-state index contributed by atoms with van der Waals surface area (Å²) in [6.45, 7) is 5.56. The highest BCUT2D eigenvalue weighted by Gasteiger charge is 2.05. The Balaban J connectivity index is 4.30. The molecule has 0 bridgehead atoms. The fourth-order valence-electron chi connectivity index (χ4n) is 0.528. The third kappa shape index (κ3) is 2.19. The van der Waals surface area contributed by atoms with E-state index in [9.17, 15) is 4.79 Å². The van der Waals surface area contributed by atoms with Gasteiger partial charge in [0.1, 0.15) is 0 Å². The normalized spacial score (nSPS) is 12.4. The maximum Gasteiger partial charge on any atom is 0.352 e. The SMILES string of the molecule is CCC(C)=C(C)C(=O)ON. The topological polar surface area (TPSA) is 52.3 Å². The molecular weight excluding hydrogens is 130 g/mol. The summed E-state index contributed by atoms with van der Waals surface area (Å²) in [5.74, 6) is 4.24. The van der Waals surface area contributed by atoms with Crippen LogP contribution >= 0.6 is 0 Å². The van der Waals surface area contributed by atoms with Crippen LogP contribution in [0.2, 0.25) is 0 Å². The predicted octanol–water partition coefficient (Wildman–Crippen LogP) is 1.15. The first-order chi connectivity index (χ1) is 4.63. The van der Waals surface area contributed by atoms with Crippen molar-refractivity contribution in [1.82, 2.24) is 0 Å². The number of nitrogens with two attached hydrogens (primary N) is 1. The van der Waals surface area contributed by atoms with Crippen LogP contribution in [0, 0.1) is 0 Å². The zero-order valence-electron chi connectivity index (χ0n) is 6.60. The number of rotatable bonds is 2. The van der Waals surface area contributed by atoms with Gasteiger partial charge in [-0.3, -0.25) is 0 Å². The molecule has 0 saturated heterocycles. The van der Waals surface area contributed by atoms with Gasteiger partial charge < -0.3 is 4.84 Å². The molecule has 0 fully saturated rings. The van der Waals surface area contributed by atoms with E-state index in [4.69, 9.17) is 0 Å². The smallest absolute Gasteiger partial charge is 0.352 e. The van der Waals surface area contributed by atoms with E-state index in [-0.39, 0.29) is 0 Å². The van der Waals surface area contributed by atoms with Crippen molar-refractivity contribution in [3.05, 3.63) is 11.1 Å². The number of hydrogen-bond donors (Lipinski definition) is 1. The summed E-state index contributed by atoms with van der Waals surface area (Å²) in [5, 5.41) is 0. The van der Waals surface area contributed by atoms with Crippen molar-refractivity contribution >= 4 is 5.97 Å². The van der Waals surface area contributed by atoms with Crippen LogP contribution in [0.4, 0.5) is 0 Å². The fraction of sp³-hybridized carbons (Fsp3) is 0.571. The van der Waals surface area contributed by atoms with E-state index in [2.05, 4.69) is 10.7 Å². The van der Waals surface area contributed by atoms with Crippen LogP contribution < -0.4 is 5.90 Å². The van der Waals surface area contributed by atoms with Gasteiger partial charge in [-0.05, 0) is 20.3 Å². The van der Waals surface area contributed by atoms with E-state index < -0.39 is 5.97 Å². The Labute approximate surface area is 60.8 Å². The summed E-state index contributed by atoms with van der Waals surface area (Å²) in [6.07, 6.45) is 0.848. The molecule has 3 nitrogen and oxygen atoms in total. The Morgan fingerprint density at radius 3 is 2.30 bits per heavy atom. The maximum absolute atomic E-state index is 10.7. The lowest BCUT2D eigenvalue weighted by molar-refractivity contribution is -0.139. The van der Waals surface area contributed by atoms with E-state index in [1.165, 1.54) is 0 Å². The minimum Gasteiger partial charge on any atom is -0.370 e. The van der Waals surface area contributed by atoms with Gasteiger partial charge in [-0.1, -0.05) is 12.5 Å². The van der Waals surface area contributed by atoms with E-state index in [1.807, 2.05) is 13.8 Å². The Morgan fingerprint density at radius 2 is 2.00 bits per heavy atom. The first kappa shape index (κ1) is 9.17. The molecule has 3 heteroatoms. The lowest BCUT2D eigenvalue weighted by atomic mass is 10.1. The van der Waals surface area contributed by atoms with Gasteiger partial charge in [0.05, 0.1) is 0 Å². The highest BCUT2D eigenvalue weighted by Crippen LogP contribution is 2.07. The quantitative estimate of drug-likeness (QED) is 0.466. The van der Waals surface area contributed by atoms with Crippen LogP contribution in [0.25, 0.3) is 0 Å². The van der Waals surface area contributed by atoms with Crippen LogP contribution in [0.1, 0.15) is 27.2 Å². The molecule has 0 amide bonds. The third-order valence-electron chi connectivity index (χ3n) is 1.58. The van der Waals surface area contributed by atoms with Crippen LogP contribution in [0.5, 0.6) is 0 Å². The van der Waals surface area contributed by atoms with E-state index in [1.54, 1.807) is 6.92 Å². The summed E-state index contributed by atoms with van der Waals surface area (Å²) in [6, 6.07) is 0. The third-order valence-corrected chi connectivity index (χ3v) is 1.58. The van der Waals surface area contributed by atoms with Gasteiger partial charge in [0.25, 0.3) is 0 Å². The average molecular weight is 143 g/mol. The van der Waals surface area contributed by atoms with Crippen LogP contribution in [-0.2, 0) is 9.63 Å². The molecule has 0 aromatic heterocycles. The second-order valence-corrected chi connectivity index (χ2v) is 2.16. The van der Waals surface area contributed by atoms with Crippen molar-refractivity contribution in [1.29, 1.82) is 0 Å². The molecular formula is C7H13NO2. The van der Waals surface area contributed by atoms with Crippen LogP contribution in [0.3, 0.4) is 0 Å². The number of hydrogen-bond acceptors (Lipinski definition) is 3. The second-order valence-electron chi connectivity index (χ2n) is 2.16. The molecule has 58 valence electrons. The number of allylic oxidation sites excluding steroid dienone is 1. The van der Waals surface area contributed by atoms with Gasteiger partial charge in [-0.25, -0.2) is 4.79 Å². The van der Waals surface area contributed by atoms with Crippen LogP contribution in [-0.4, -0.2) is 5.97 Å². The van der Waals surface area contributed by atoms with Gasteiger partial charge in [-0.2, -0.15) is 5.90 Å².